The summed E-state index contributed by atoms with van der Waals surface area (Å²) in [6.07, 6.45) is 1.23. The second-order valence-electron chi connectivity index (χ2n) is 7.59. The number of rotatable bonds is 4. The Hall–Kier alpha value is -1.66. The Balaban J connectivity index is 1.61. The lowest BCUT2D eigenvalue weighted by Gasteiger charge is -2.34. The second kappa shape index (κ2) is 5.95. The molecule has 0 radical (unpaired) electrons. The fourth-order valence-electron chi connectivity index (χ4n) is 4.73. The van der Waals surface area contributed by atoms with Gasteiger partial charge in [-0.25, -0.2) is 4.39 Å². The van der Waals surface area contributed by atoms with Crippen molar-refractivity contribution in [3.05, 3.63) is 29.6 Å². The third-order valence-electron chi connectivity index (χ3n) is 6.03. The second-order valence-corrected chi connectivity index (χ2v) is 7.59. The molecule has 0 N–H and O–H groups in total. The highest BCUT2D eigenvalue weighted by Gasteiger charge is 2.64. The first kappa shape index (κ1) is 16.8. The number of methoxy groups -OCH3 is 1. The van der Waals surface area contributed by atoms with Crippen LogP contribution in [0.2, 0.25) is 0 Å². The van der Waals surface area contributed by atoms with E-state index < -0.39 is 5.72 Å². The Morgan fingerprint density at radius 3 is 2.96 bits per heavy atom. The van der Waals surface area contributed by atoms with Gasteiger partial charge in [0.1, 0.15) is 11.6 Å². The first-order valence-corrected chi connectivity index (χ1v) is 8.99. The van der Waals surface area contributed by atoms with Gasteiger partial charge < -0.3 is 14.4 Å². The third kappa shape index (κ3) is 2.38. The number of amides is 1. The fraction of sp³-hybridized carbons (Fsp3) is 0.632. The molecule has 5 nitrogen and oxygen atoms in total. The zero-order valence-corrected chi connectivity index (χ0v) is 15.0. The van der Waals surface area contributed by atoms with Gasteiger partial charge in [-0.3, -0.25) is 9.69 Å². The van der Waals surface area contributed by atoms with Crippen LogP contribution in [0.25, 0.3) is 0 Å². The van der Waals surface area contributed by atoms with Crippen molar-refractivity contribution in [2.45, 2.75) is 51.0 Å². The molecule has 4 rings (SSSR count). The van der Waals surface area contributed by atoms with Crippen LogP contribution < -0.4 is 4.74 Å². The van der Waals surface area contributed by atoms with Crippen LogP contribution in [-0.2, 0) is 16.1 Å². The molecule has 3 heterocycles. The van der Waals surface area contributed by atoms with E-state index in [1.54, 1.807) is 19.2 Å². The largest absolute Gasteiger partial charge is 0.496 e. The van der Waals surface area contributed by atoms with E-state index in [0.29, 0.717) is 36.8 Å². The highest BCUT2D eigenvalue weighted by Crippen LogP contribution is 2.49. The van der Waals surface area contributed by atoms with E-state index in [4.69, 9.17) is 9.47 Å². The molecular weight excluding hydrogens is 323 g/mol. The minimum Gasteiger partial charge on any atom is -0.496 e. The normalized spacial score (nSPS) is 31.7. The molecule has 25 heavy (non-hydrogen) atoms. The highest BCUT2D eigenvalue weighted by molar-refractivity contribution is 5.82. The Kier molecular flexibility index (Phi) is 4.00. The topological polar surface area (TPSA) is 42.0 Å². The van der Waals surface area contributed by atoms with Gasteiger partial charge in [-0.15, -0.1) is 0 Å². The third-order valence-corrected chi connectivity index (χ3v) is 6.03. The smallest absolute Gasteiger partial charge is 0.226 e. The molecule has 0 aromatic heterocycles. The molecular formula is C19H25FN2O3. The molecule has 6 heteroatoms. The van der Waals surface area contributed by atoms with Gasteiger partial charge in [-0.05, 0) is 18.1 Å². The molecule has 1 amide bonds. The summed E-state index contributed by atoms with van der Waals surface area (Å²) in [6, 6.07) is 5.00. The van der Waals surface area contributed by atoms with Crippen LogP contribution in [0.3, 0.4) is 0 Å². The Morgan fingerprint density at radius 1 is 1.44 bits per heavy atom. The maximum absolute atomic E-state index is 14.3. The molecule has 136 valence electrons. The van der Waals surface area contributed by atoms with Crippen molar-refractivity contribution in [1.29, 1.82) is 0 Å². The summed E-state index contributed by atoms with van der Waals surface area (Å²) in [7, 11) is 1.55. The Labute approximate surface area is 147 Å². The molecule has 3 saturated heterocycles. The lowest BCUT2D eigenvalue weighted by Crippen LogP contribution is -2.50. The van der Waals surface area contributed by atoms with E-state index in [2.05, 4.69) is 18.7 Å². The zero-order valence-electron chi connectivity index (χ0n) is 15.0. The Morgan fingerprint density at radius 2 is 2.24 bits per heavy atom. The lowest BCUT2D eigenvalue weighted by atomic mass is 10.0. The molecule has 0 saturated carbocycles. The fourth-order valence-corrected chi connectivity index (χ4v) is 4.73. The van der Waals surface area contributed by atoms with E-state index in [1.165, 1.54) is 6.07 Å². The summed E-state index contributed by atoms with van der Waals surface area (Å²) < 4.78 is 25.9. The van der Waals surface area contributed by atoms with E-state index >= 15 is 0 Å². The van der Waals surface area contributed by atoms with Crippen molar-refractivity contribution >= 4 is 5.91 Å². The first-order valence-electron chi connectivity index (χ1n) is 8.99. The quantitative estimate of drug-likeness (QED) is 0.838. The van der Waals surface area contributed by atoms with Gasteiger partial charge >= 0.3 is 0 Å². The molecule has 1 spiro atoms. The number of likely N-dealkylation sites (tertiary alicyclic amines) is 1. The Bertz CT molecular complexity index is 695. The summed E-state index contributed by atoms with van der Waals surface area (Å²) >= 11 is 0. The van der Waals surface area contributed by atoms with Crippen molar-refractivity contribution < 1.29 is 18.7 Å². The first-order chi connectivity index (χ1) is 12.0. The van der Waals surface area contributed by atoms with Crippen molar-refractivity contribution in [1.82, 2.24) is 9.80 Å². The minimum absolute atomic E-state index is 0.0203. The molecule has 0 aliphatic carbocycles. The van der Waals surface area contributed by atoms with Gasteiger partial charge in [0.2, 0.25) is 5.91 Å². The number of carbonyl (C=O) groups excluding carboxylic acids is 1. The average Bonchev–Trinajstić information content (AvgIpc) is 3.20. The number of carbonyl (C=O) groups is 1. The van der Waals surface area contributed by atoms with Crippen LogP contribution in [0.15, 0.2) is 18.2 Å². The van der Waals surface area contributed by atoms with Crippen LogP contribution in [0.1, 0.15) is 32.3 Å². The highest BCUT2D eigenvalue weighted by atomic mass is 19.1. The van der Waals surface area contributed by atoms with Gasteiger partial charge in [0.05, 0.1) is 25.8 Å². The van der Waals surface area contributed by atoms with Gasteiger partial charge in [0.15, 0.2) is 5.72 Å². The maximum atomic E-state index is 14.3. The van der Waals surface area contributed by atoms with Crippen LogP contribution >= 0.6 is 0 Å². The molecule has 3 fully saturated rings. The zero-order chi connectivity index (χ0) is 17.8. The maximum Gasteiger partial charge on any atom is 0.226 e. The monoisotopic (exact) mass is 348 g/mol. The summed E-state index contributed by atoms with van der Waals surface area (Å²) in [6.45, 7) is 6.07. The summed E-state index contributed by atoms with van der Waals surface area (Å²) in [4.78, 5) is 16.9. The predicted octanol–water partition coefficient (Wildman–Crippen LogP) is 2.39. The van der Waals surface area contributed by atoms with E-state index in [9.17, 15) is 9.18 Å². The molecule has 1 aromatic rings. The predicted molar refractivity (Wildman–Crippen MR) is 90.5 cm³/mol. The number of ether oxygens (including phenoxy) is 2. The molecule has 3 atom stereocenters. The van der Waals surface area contributed by atoms with E-state index in [1.807, 2.05) is 4.90 Å². The molecule has 3 aliphatic heterocycles. The van der Waals surface area contributed by atoms with Crippen molar-refractivity contribution in [2.24, 2.45) is 5.92 Å². The summed E-state index contributed by atoms with van der Waals surface area (Å²) in [5.41, 5.74) is 0.0242. The number of nitrogens with zero attached hydrogens (tertiary/aromatic N) is 2. The number of hydrogen-bond acceptors (Lipinski definition) is 4. The van der Waals surface area contributed by atoms with Gasteiger partial charge in [-0.2, -0.15) is 0 Å². The van der Waals surface area contributed by atoms with Crippen molar-refractivity contribution in [3.8, 4) is 5.75 Å². The van der Waals surface area contributed by atoms with Crippen molar-refractivity contribution in [3.63, 3.8) is 0 Å². The molecule has 0 unspecified atom stereocenters. The number of hydrogen-bond donors (Lipinski definition) is 0. The van der Waals surface area contributed by atoms with Gasteiger partial charge in [0.25, 0.3) is 0 Å². The SMILES string of the molecule is COc1cccc(F)c1CN1CC[C@@]23OC[C@@H](C(C)C)N2C(=O)C[C@@H]13. The lowest BCUT2D eigenvalue weighted by molar-refractivity contribution is -0.139. The minimum atomic E-state index is -0.523. The summed E-state index contributed by atoms with van der Waals surface area (Å²) in [5, 5.41) is 0. The van der Waals surface area contributed by atoms with E-state index in [0.717, 1.165) is 13.0 Å². The summed E-state index contributed by atoms with van der Waals surface area (Å²) in [5.74, 6) is 0.803. The number of halogens is 1. The van der Waals surface area contributed by atoms with Crippen LogP contribution in [0.5, 0.6) is 5.75 Å². The van der Waals surface area contributed by atoms with Gasteiger partial charge in [0, 0.05) is 31.5 Å². The molecule has 1 aromatic carbocycles. The van der Waals surface area contributed by atoms with Crippen molar-refractivity contribution in [2.75, 3.05) is 20.3 Å². The van der Waals surface area contributed by atoms with Gasteiger partial charge in [-0.1, -0.05) is 19.9 Å². The van der Waals surface area contributed by atoms with E-state index in [-0.39, 0.29) is 23.8 Å². The standard InChI is InChI=1S/C19H25FN2O3/c1-12(2)15-11-25-19-7-8-21(17(19)9-18(23)22(15)19)10-13-14(20)5-4-6-16(13)24-3/h4-6,12,15,17H,7-11H2,1-3H3/t15-,17+,19-/m0/s1. The van der Waals surface area contributed by atoms with Crippen LogP contribution in [-0.4, -0.2) is 53.8 Å². The molecule has 3 aliphatic rings. The van der Waals surface area contributed by atoms with Crippen LogP contribution in [0.4, 0.5) is 4.39 Å². The number of benzene rings is 1. The molecule has 0 bridgehead atoms. The van der Waals surface area contributed by atoms with Crippen LogP contribution in [0, 0.1) is 11.7 Å². The average molecular weight is 348 g/mol.